The Morgan fingerprint density at radius 2 is 2.25 bits per heavy atom. The van der Waals surface area contributed by atoms with Gasteiger partial charge in [0.05, 0.1) is 6.54 Å². The molecule has 0 aromatic rings. The zero-order valence-corrected chi connectivity index (χ0v) is 9.78. The van der Waals surface area contributed by atoms with Crippen molar-refractivity contribution in [3.63, 3.8) is 0 Å². The molecule has 4 nitrogen and oxygen atoms in total. The van der Waals surface area contributed by atoms with E-state index in [9.17, 15) is 4.79 Å². The molecule has 0 unspecified atom stereocenters. The molecule has 1 amide bonds. The molecule has 1 heterocycles. The summed E-state index contributed by atoms with van der Waals surface area (Å²) in [7, 11) is 1.93. The van der Waals surface area contributed by atoms with Gasteiger partial charge in [0, 0.05) is 38.8 Å². The predicted octanol–water partition coefficient (Wildman–Crippen LogP) is -0.461. The van der Waals surface area contributed by atoms with E-state index in [1.165, 1.54) is 0 Å². The summed E-state index contributed by atoms with van der Waals surface area (Å²) in [4.78, 5) is 15.5. The number of carbonyl (C=O) groups is 1. The summed E-state index contributed by atoms with van der Waals surface area (Å²) >= 11 is 0. The lowest BCUT2D eigenvalue weighted by atomic mass is 10.3. The molecular formula is C12H19N3O. The second kappa shape index (κ2) is 7.04. The third kappa shape index (κ3) is 4.47. The highest BCUT2D eigenvalue weighted by Crippen LogP contribution is 1.94. The lowest BCUT2D eigenvalue weighted by Gasteiger charge is -2.26. The number of hydrogen-bond donors (Lipinski definition) is 1. The molecule has 0 spiro atoms. The SMILES string of the molecule is C#CCN(C)C/C=C/C(=O)N1CCNCC1. The van der Waals surface area contributed by atoms with E-state index in [-0.39, 0.29) is 5.91 Å². The van der Waals surface area contributed by atoms with Crippen molar-refractivity contribution in [3.05, 3.63) is 12.2 Å². The number of nitrogens with one attached hydrogen (secondary N) is 1. The van der Waals surface area contributed by atoms with E-state index < -0.39 is 0 Å². The third-order valence-electron chi connectivity index (χ3n) is 2.47. The molecule has 1 rings (SSSR count). The molecular weight excluding hydrogens is 202 g/mol. The Labute approximate surface area is 97.3 Å². The van der Waals surface area contributed by atoms with Gasteiger partial charge in [-0.15, -0.1) is 6.42 Å². The van der Waals surface area contributed by atoms with Crippen LogP contribution < -0.4 is 5.32 Å². The lowest BCUT2D eigenvalue weighted by Crippen LogP contribution is -2.45. The molecule has 4 heteroatoms. The first-order valence-corrected chi connectivity index (χ1v) is 5.52. The minimum absolute atomic E-state index is 0.0932. The van der Waals surface area contributed by atoms with Crippen LogP contribution in [0.15, 0.2) is 12.2 Å². The minimum Gasteiger partial charge on any atom is -0.337 e. The highest BCUT2D eigenvalue weighted by atomic mass is 16.2. The molecule has 0 radical (unpaired) electrons. The van der Waals surface area contributed by atoms with Crippen LogP contribution >= 0.6 is 0 Å². The van der Waals surface area contributed by atoms with Gasteiger partial charge in [-0.05, 0) is 7.05 Å². The van der Waals surface area contributed by atoms with Crippen molar-refractivity contribution >= 4 is 5.91 Å². The number of rotatable bonds is 4. The average Bonchev–Trinajstić information content (AvgIpc) is 2.30. The highest BCUT2D eigenvalue weighted by molar-refractivity contribution is 5.87. The summed E-state index contributed by atoms with van der Waals surface area (Å²) in [5, 5.41) is 3.21. The van der Waals surface area contributed by atoms with Crippen molar-refractivity contribution in [2.45, 2.75) is 0 Å². The normalized spacial score (nSPS) is 16.7. The Kier molecular flexibility index (Phi) is 5.62. The maximum atomic E-state index is 11.7. The standard InChI is InChI=1S/C12H19N3O/c1-3-8-14(2)9-4-5-12(16)15-10-6-13-7-11-15/h1,4-5,13H,6-11H2,2H3/b5-4+. The molecule has 0 aliphatic carbocycles. The fourth-order valence-corrected chi connectivity index (χ4v) is 1.54. The quantitative estimate of drug-likeness (QED) is 0.515. The predicted molar refractivity (Wildman–Crippen MR) is 64.9 cm³/mol. The van der Waals surface area contributed by atoms with Gasteiger partial charge in [0.2, 0.25) is 5.91 Å². The number of likely N-dealkylation sites (N-methyl/N-ethyl adjacent to an activating group) is 1. The zero-order chi connectivity index (χ0) is 11.8. The van der Waals surface area contributed by atoms with Crippen LogP contribution in [0.3, 0.4) is 0 Å². The van der Waals surface area contributed by atoms with Gasteiger partial charge >= 0.3 is 0 Å². The number of terminal acetylenes is 1. The van der Waals surface area contributed by atoms with E-state index >= 15 is 0 Å². The molecule has 16 heavy (non-hydrogen) atoms. The first-order valence-electron chi connectivity index (χ1n) is 5.52. The lowest BCUT2D eigenvalue weighted by molar-refractivity contribution is -0.126. The van der Waals surface area contributed by atoms with Gasteiger partial charge in [0.25, 0.3) is 0 Å². The Morgan fingerprint density at radius 3 is 2.88 bits per heavy atom. The second-order valence-corrected chi connectivity index (χ2v) is 3.88. The Bertz CT molecular complexity index is 287. The molecule has 0 aromatic heterocycles. The van der Waals surface area contributed by atoms with E-state index in [1.54, 1.807) is 6.08 Å². The van der Waals surface area contributed by atoms with Gasteiger partial charge in [-0.3, -0.25) is 9.69 Å². The summed E-state index contributed by atoms with van der Waals surface area (Å²) in [6.45, 7) is 4.67. The Balaban J connectivity index is 2.27. The average molecular weight is 221 g/mol. The van der Waals surface area contributed by atoms with Crippen LogP contribution in [0.5, 0.6) is 0 Å². The third-order valence-corrected chi connectivity index (χ3v) is 2.47. The summed E-state index contributed by atoms with van der Waals surface area (Å²) < 4.78 is 0. The number of hydrogen-bond acceptors (Lipinski definition) is 3. The molecule has 0 aromatic carbocycles. The molecule has 1 saturated heterocycles. The number of carbonyl (C=O) groups excluding carboxylic acids is 1. The van der Waals surface area contributed by atoms with Crippen LogP contribution in [0.4, 0.5) is 0 Å². The van der Waals surface area contributed by atoms with Gasteiger partial charge in [0.1, 0.15) is 0 Å². The van der Waals surface area contributed by atoms with Crippen molar-refractivity contribution in [1.29, 1.82) is 0 Å². The maximum Gasteiger partial charge on any atom is 0.246 e. The van der Waals surface area contributed by atoms with Crippen molar-refractivity contribution in [1.82, 2.24) is 15.1 Å². The molecule has 1 aliphatic heterocycles. The van der Waals surface area contributed by atoms with Gasteiger partial charge in [-0.1, -0.05) is 12.0 Å². The topological polar surface area (TPSA) is 35.6 Å². The van der Waals surface area contributed by atoms with Crippen LogP contribution in [0.25, 0.3) is 0 Å². The van der Waals surface area contributed by atoms with Gasteiger partial charge in [-0.25, -0.2) is 0 Å². The summed E-state index contributed by atoms with van der Waals surface area (Å²) in [6, 6.07) is 0. The minimum atomic E-state index is 0.0932. The first-order chi connectivity index (χ1) is 7.74. The molecule has 1 N–H and O–H groups in total. The Hall–Kier alpha value is -1.31. The summed E-state index contributed by atoms with van der Waals surface area (Å²) in [5.41, 5.74) is 0. The largest absolute Gasteiger partial charge is 0.337 e. The first kappa shape index (κ1) is 12.8. The van der Waals surface area contributed by atoms with Crippen LogP contribution in [0.2, 0.25) is 0 Å². The van der Waals surface area contributed by atoms with Crippen molar-refractivity contribution in [2.24, 2.45) is 0 Å². The monoisotopic (exact) mass is 221 g/mol. The van der Waals surface area contributed by atoms with Crippen LogP contribution in [-0.2, 0) is 4.79 Å². The molecule has 88 valence electrons. The van der Waals surface area contributed by atoms with Crippen molar-refractivity contribution < 1.29 is 4.79 Å². The fraction of sp³-hybridized carbons (Fsp3) is 0.583. The second-order valence-electron chi connectivity index (χ2n) is 3.88. The van der Waals surface area contributed by atoms with E-state index in [1.807, 2.05) is 22.9 Å². The van der Waals surface area contributed by atoms with E-state index in [0.29, 0.717) is 13.1 Å². The van der Waals surface area contributed by atoms with Crippen LogP contribution in [0, 0.1) is 12.3 Å². The molecule has 0 saturated carbocycles. The van der Waals surface area contributed by atoms with Crippen LogP contribution in [0.1, 0.15) is 0 Å². The smallest absolute Gasteiger partial charge is 0.246 e. The Morgan fingerprint density at radius 1 is 1.56 bits per heavy atom. The molecule has 0 bridgehead atoms. The van der Waals surface area contributed by atoms with Crippen molar-refractivity contribution in [3.8, 4) is 12.3 Å². The number of piperazine rings is 1. The highest BCUT2D eigenvalue weighted by Gasteiger charge is 2.12. The molecule has 0 atom stereocenters. The van der Waals surface area contributed by atoms with Gasteiger partial charge in [-0.2, -0.15) is 0 Å². The number of nitrogens with zero attached hydrogens (tertiary/aromatic N) is 2. The van der Waals surface area contributed by atoms with Crippen LogP contribution in [-0.4, -0.2) is 62.0 Å². The van der Waals surface area contributed by atoms with Crippen molar-refractivity contribution in [2.75, 3.05) is 46.3 Å². The summed E-state index contributed by atoms with van der Waals surface area (Å²) in [6.07, 6.45) is 8.68. The maximum absolute atomic E-state index is 11.7. The zero-order valence-electron chi connectivity index (χ0n) is 9.78. The molecule has 1 aliphatic rings. The fourth-order valence-electron chi connectivity index (χ4n) is 1.54. The number of amides is 1. The van der Waals surface area contributed by atoms with E-state index in [0.717, 1.165) is 26.2 Å². The van der Waals surface area contributed by atoms with E-state index in [2.05, 4.69) is 11.2 Å². The van der Waals surface area contributed by atoms with E-state index in [4.69, 9.17) is 6.42 Å². The van der Waals surface area contributed by atoms with Gasteiger partial charge < -0.3 is 10.2 Å². The summed E-state index contributed by atoms with van der Waals surface area (Å²) in [5.74, 6) is 2.65. The molecule has 1 fully saturated rings. The van der Waals surface area contributed by atoms with Gasteiger partial charge in [0.15, 0.2) is 0 Å².